The Bertz CT molecular complexity index is 1300. The zero-order valence-corrected chi connectivity index (χ0v) is 26.6. The third-order valence-corrected chi connectivity index (χ3v) is 10.2. The van der Waals surface area contributed by atoms with Gasteiger partial charge in [0.15, 0.2) is 0 Å². The van der Waals surface area contributed by atoms with Crippen molar-refractivity contribution in [3.63, 3.8) is 0 Å². The molecule has 5 rings (SSSR count). The molecule has 3 aliphatic rings. The number of anilines is 1. The number of hydrogen-bond acceptors (Lipinski definition) is 4. The molecule has 0 saturated carbocycles. The molecule has 2 aromatic rings. The number of hydrogen-bond donors (Lipinski definition) is 0. The van der Waals surface area contributed by atoms with Gasteiger partial charge in [-0.2, -0.15) is 0 Å². The Hall–Kier alpha value is -2.42. The molecule has 2 aromatic carbocycles. The first kappa shape index (κ1) is 30.1. The van der Waals surface area contributed by atoms with Gasteiger partial charge in [0, 0.05) is 73.8 Å². The van der Waals surface area contributed by atoms with Gasteiger partial charge < -0.3 is 19.6 Å². The maximum Gasteiger partial charge on any atom is 0.255 e. The maximum absolute atomic E-state index is 13.7. The molecular weight excluding hydrogens is 604 g/mol. The van der Waals surface area contributed by atoms with Crippen LogP contribution in [0.25, 0.3) is 0 Å². The molecule has 2 unspecified atom stereocenters. The fourth-order valence-electron chi connectivity index (χ4n) is 6.64. The highest BCUT2D eigenvalue weighted by atomic mass is 79.9. The van der Waals surface area contributed by atoms with Crippen molar-refractivity contribution in [3.05, 3.63) is 62.6 Å². The zero-order valence-electron chi connectivity index (χ0n) is 24.2. The minimum Gasteiger partial charge on any atom is -0.343 e. The molecule has 2 atom stereocenters. The standard InChI is InChI=1S/C32H40BrClN4O3/c1-21-5-8-29(33)28(15-21)32(41)37-19-25-17-35(18-26(25)20-37)11-4-12-38(27-7-6-22(2)30(34)16-27)31(40)24-9-13-36(14-10-24)23(3)39/h5-8,15-16,24-26H,4,9-14,17-20H2,1-3H3. The molecule has 3 fully saturated rings. The van der Waals surface area contributed by atoms with E-state index in [4.69, 9.17) is 11.6 Å². The van der Waals surface area contributed by atoms with Gasteiger partial charge in [0.1, 0.15) is 0 Å². The van der Waals surface area contributed by atoms with Crippen LogP contribution in [0.2, 0.25) is 5.02 Å². The van der Waals surface area contributed by atoms with Crippen LogP contribution in [0.1, 0.15) is 47.7 Å². The van der Waals surface area contributed by atoms with Crippen LogP contribution in [0.3, 0.4) is 0 Å². The van der Waals surface area contributed by atoms with Crippen LogP contribution in [0.15, 0.2) is 40.9 Å². The van der Waals surface area contributed by atoms with E-state index in [0.29, 0.717) is 49.3 Å². The number of fused-ring (bicyclic) bond motifs is 1. The fourth-order valence-corrected chi connectivity index (χ4v) is 7.23. The number of carbonyl (C=O) groups excluding carboxylic acids is 3. The molecule has 9 heteroatoms. The first-order valence-electron chi connectivity index (χ1n) is 14.7. The van der Waals surface area contributed by atoms with E-state index in [1.165, 1.54) is 0 Å². The summed E-state index contributed by atoms with van der Waals surface area (Å²) in [7, 11) is 0. The van der Waals surface area contributed by atoms with Crippen molar-refractivity contribution >= 4 is 50.9 Å². The number of rotatable bonds is 7. The Balaban J connectivity index is 1.17. The Morgan fingerprint density at radius 1 is 0.951 bits per heavy atom. The van der Waals surface area contributed by atoms with Crippen molar-refractivity contribution in [2.75, 3.05) is 57.3 Å². The summed E-state index contributed by atoms with van der Waals surface area (Å²) in [6.45, 7) is 11.9. The van der Waals surface area contributed by atoms with Crippen molar-refractivity contribution < 1.29 is 14.4 Å². The third kappa shape index (κ3) is 6.81. The molecule has 3 heterocycles. The number of aryl methyl sites for hydroxylation is 2. The Kier molecular flexibility index (Phi) is 9.41. The molecule has 0 aromatic heterocycles. The predicted octanol–water partition coefficient (Wildman–Crippen LogP) is 5.40. The van der Waals surface area contributed by atoms with E-state index >= 15 is 0 Å². The van der Waals surface area contributed by atoms with Crippen molar-refractivity contribution in [1.29, 1.82) is 0 Å². The second-order valence-electron chi connectivity index (χ2n) is 12.0. The molecule has 3 saturated heterocycles. The average Bonchev–Trinajstić information content (AvgIpc) is 3.52. The molecule has 220 valence electrons. The highest BCUT2D eigenvalue weighted by Gasteiger charge is 2.42. The molecule has 7 nitrogen and oxygen atoms in total. The molecule has 0 N–H and O–H groups in total. The third-order valence-electron chi connectivity index (χ3n) is 9.08. The van der Waals surface area contributed by atoms with Gasteiger partial charge >= 0.3 is 0 Å². The molecule has 0 radical (unpaired) electrons. The number of piperidine rings is 1. The summed E-state index contributed by atoms with van der Waals surface area (Å²) < 4.78 is 0.852. The lowest BCUT2D eigenvalue weighted by Crippen LogP contribution is -2.44. The quantitative estimate of drug-likeness (QED) is 0.405. The van der Waals surface area contributed by atoms with Gasteiger partial charge in [-0.15, -0.1) is 0 Å². The van der Waals surface area contributed by atoms with E-state index < -0.39 is 0 Å². The summed E-state index contributed by atoms with van der Waals surface area (Å²) in [5.74, 6) is 1.20. The fraction of sp³-hybridized carbons (Fsp3) is 0.531. The molecule has 0 bridgehead atoms. The predicted molar refractivity (Wildman–Crippen MR) is 166 cm³/mol. The first-order chi connectivity index (χ1) is 19.6. The average molecular weight is 644 g/mol. The van der Waals surface area contributed by atoms with E-state index in [9.17, 15) is 14.4 Å². The van der Waals surface area contributed by atoms with Crippen LogP contribution in [0.4, 0.5) is 5.69 Å². The zero-order chi connectivity index (χ0) is 29.3. The molecule has 3 aliphatic heterocycles. The number of benzene rings is 2. The van der Waals surface area contributed by atoms with Crippen LogP contribution in [-0.4, -0.2) is 84.8 Å². The molecular formula is C32H40BrClN4O3. The van der Waals surface area contributed by atoms with Gasteiger partial charge in [-0.3, -0.25) is 14.4 Å². The lowest BCUT2D eigenvalue weighted by molar-refractivity contribution is -0.133. The number of halogens is 2. The minimum atomic E-state index is -0.0891. The second kappa shape index (κ2) is 12.8. The maximum atomic E-state index is 13.7. The van der Waals surface area contributed by atoms with Crippen LogP contribution >= 0.6 is 27.5 Å². The highest BCUT2D eigenvalue weighted by molar-refractivity contribution is 9.10. The summed E-state index contributed by atoms with van der Waals surface area (Å²) >= 11 is 10.0. The topological polar surface area (TPSA) is 64.2 Å². The van der Waals surface area contributed by atoms with Gasteiger partial charge in [-0.25, -0.2) is 0 Å². The smallest absolute Gasteiger partial charge is 0.255 e. The number of carbonyl (C=O) groups is 3. The van der Waals surface area contributed by atoms with Crippen molar-refractivity contribution in [2.24, 2.45) is 17.8 Å². The Morgan fingerprint density at radius 2 is 1.63 bits per heavy atom. The van der Waals surface area contributed by atoms with Gasteiger partial charge in [-0.05, 0) is 97.2 Å². The Labute approximate surface area is 256 Å². The van der Waals surface area contributed by atoms with E-state index in [1.54, 1.807) is 6.92 Å². The van der Waals surface area contributed by atoms with Crippen LogP contribution < -0.4 is 4.90 Å². The van der Waals surface area contributed by atoms with Gasteiger partial charge in [-0.1, -0.05) is 29.3 Å². The van der Waals surface area contributed by atoms with E-state index in [0.717, 1.165) is 66.0 Å². The summed E-state index contributed by atoms with van der Waals surface area (Å²) in [5, 5.41) is 0.663. The van der Waals surface area contributed by atoms with Gasteiger partial charge in [0.05, 0.1) is 5.56 Å². The molecule has 0 spiro atoms. The van der Waals surface area contributed by atoms with Crippen LogP contribution in [0, 0.1) is 31.6 Å². The molecule has 41 heavy (non-hydrogen) atoms. The first-order valence-corrected chi connectivity index (χ1v) is 15.9. The number of nitrogens with zero attached hydrogens (tertiary/aromatic N) is 4. The van der Waals surface area contributed by atoms with Gasteiger partial charge in [0.2, 0.25) is 11.8 Å². The summed E-state index contributed by atoms with van der Waals surface area (Å²) in [4.78, 5) is 47.0. The highest BCUT2D eigenvalue weighted by Crippen LogP contribution is 2.33. The normalized spacial score (nSPS) is 21.3. The monoisotopic (exact) mass is 642 g/mol. The van der Waals surface area contributed by atoms with Crippen molar-refractivity contribution in [2.45, 2.75) is 40.0 Å². The molecule has 0 aliphatic carbocycles. The van der Waals surface area contributed by atoms with Crippen LogP contribution in [-0.2, 0) is 9.59 Å². The van der Waals surface area contributed by atoms with E-state index in [-0.39, 0.29) is 23.6 Å². The van der Waals surface area contributed by atoms with Crippen molar-refractivity contribution in [1.82, 2.24) is 14.7 Å². The number of amides is 3. The number of likely N-dealkylation sites (tertiary alicyclic amines) is 3. The second-order valence-corrected chi connectivity index (χ2v) is 13.3. The lowest BCUT2D eigenvalue weighted by Gasteiger charge is -2.34. The molecule has 3 amide bonds. The lowest BCUT2D eigenvalue weighted by atomic mass is 9.94. The van der Waals surface area contributed by atoms with Crippen molar-refractivity contribution in [3.8, 4) is 0 Å². The van der Waals surface area contributed by atoms with E-state index in [1.807, 2.05) is 64.9 Å². The summed E-state index contributed by atoms with van der Waals surface area (Å²) in [6, 6.07) is 11.8. The summed E-state index contributed by atoms with van der Waals surface area (Å²) in [5.41, 5.74) is 3.66. The van der Waals surface area contributed by atoms with E-state index in [2.05, 4.69) is 20.8 Å². The Morgan fingerprint density at radius 3 is 2.27 bits per heavy atom. The largest absolute Gasteiger partial charge is 0.343 e. The summed E-state index contributed by atoms with van der Waals surface area (Å²) in [6.07, 6.45) is 2.25. The SMILES string of the molecule is CC(=O)N1CCC(C(=O)N(CCCN2CC3CN(C(=O)c4cc(C)ccc4Br)CC3C2)c2ccc(C)c(Cl)c2)CC1. The van der Waals surface area contributed by atoms with Gasteiger partial charge in [0.25, 0.3) is 5.91 Å². The minimum absolute atomic E-state index is 0.0731. The van der Waals surface area contributed by atoms with Crippen LogP contribution in [0.5, 0.6) is 0 Å².